The second kappa shape index (κ2) is 6.22. The van der Waals surface area contributed by atoms with E-state index in [1.54, 1.807) is 6.92 Å². The quantitative estimate of drug-likeness (QED) is 0.909. The number of furan rings is 1. The van der Waals surface area contributed by atoms with Crippen LogP contribution >= 0.6 is 0 Å². The minimum atomic E-state index is -3.67. The Morgan fingerprint density at radius 1 is 1.29 bits per heavy atom. The van der Waals surface area contributed by atoms with Gasteiger partial charge in [0.15, 0.2) is 5.76 Å². The third-order valence-corrected chi connectivity index (χ3v) is 6.31. The van der Waals surface area contributed by atoms with Crippen molar-refractivity contribution in [2.24, 2.45) is 5.92 Å². The molecule has 0 amide bonds. The zero-order valence-corrected chi connectivity index (χ0v) is 14.5. The first-order valence-electron chi connectivity index (χ1n) is 8.06. The fourth-order valence-corrected chi connectivity index (χ4v) is 4.73. The summed E-state index contributed by atoms with van der Waals surface area (Å²) in [5.74, 6) is -1.38. The lowest BCUT2D eigenvalue weighted by Gasteiger charge is -2.29. The summed E-state index contributed by atoms with van der Waals surface area (Å²) in [6, 6.07) is 4.30. The van der Waals surface area contributed by atoms with Gasteiger partial charge in [0.2, 0.25) is 10.0 Å². The first kappa shape index (κ1) is 17.0. The summed E-state index contributed by atoms with van der Waals surface area (Å²) < 4.78 is 33.3. The van der Waals surface area contributed by atoms with Crippen LogP contribution in [0.15, 0.2) is 27.5 Å². The van der Waals surface area contributed by atoms with Crippen LogP contribution < -0.4 is 9.83 Å². The van der Waals surface area contributed by atoms with Crippen LogP contribution in [-0.4, -0.2) is 20.4 Å². The van der Waals surface area contributed by atoms with E-state index in [1.165, 1.54) is 18.2 Å². The number of aryl methyl sites for hydroxylation is 1. The average Bonchev–Trinajstić information content (AvgIpc) is 2.86. The average molecular weight is 350 g/mol. The molecule has 1 saturated carbocycles. The van der Waals surface area contributed by atoms with Crippen LogP contribution in [0.4, 0.5) is 0 Å². The molecular weight excluding hydrogens is 330 g/mol. The molecule has 2 aromatic rings. The molecule has 0 radical (unpaired) electrons. The van der Waals surface area contributed by atoms with Crippen molar-refractivity contribution in [3.05, 3.63) is 29.5 Å². The van der Waals surface area contributed by atoms with E-state index in [9.17, 15) is 18.3 Å². The molecule has 2 unspecified atom stereocenters. The van der Waals surface area contributed by atoms with Gasteiger partial charge in [0.1, 0.15) is 11.6 Å². The Kier molecular flexibility index (Phi) is 4.40. The molecule has 1 N–H and O–H groups in total. The Labute approximate surface area is 140 Å². The van der Waals surface area contributed by atoms with E-state index >= 15 is 0 Å². The third-order valence-electron chi connectivity index (χ3n) is 4.82. The molecular formula is C17H20NO5S-. The summed E-state index contributed by atoms with van der Waals surface area (Å²) in [7, 11) is -3.67. The van der Waals surface area contributed by atoms with Crippen molar-refractivity contribution in [2.45, 2.75) is 50.5 Å². The number of hydrogen-bond donors (Lipinski definition) is 1. The number of sulfonamides is 1. The van der Waals surface area contributed by atoms with Gasteiger partial charge in [-0.1, -0.05) is 19.8 Å². The number of carbonyl (C=O) groups is 1. The summed E-state index contributed by atoms with van der Waals surface area (Å²) in [6.07, 6.45) is 4.00. The molecule has 3 rings (SSSR count). The summed E-state index contributed by atoms with van der Waals surface area (Å²) >= 11 is 0. The predicted octanol–water partition coefficient (Wildman–Crippen LogP) is 1.96. The Balaban J connectivity index is 1.95. The Morgan fingerprint density at radius 2 is 2.00 bits per heavy atom. The smallest absolute Gasteiger partial charge is 0.240 e. The van der Waals surface area contributed by atoms with Gasteiger partial charge in [0.05, 0.1) is 4.90 Å². The first-order valence-corrected chi connectivity index (χ1v) is 9.55. The molecule has 1 aromatic carbocycles. The highest BCUT2D eigenvalue weighted by atomic mass is 32.2. The number of nitrogens with one attached hydrogen (secondary N) is 1. The van der Waals surface area contributed by atoms with Gasteiger partial charge in [-0.2, -0.15) is 0 Å². The Morgan fingerprint density at radius 3 is 2.67 bits per heavy atom. The Bertz CT molecular complexity index is 884. The van der Waals surface area contributed by atoms with E-state index in [1.807, 2.05) is 0 Å². The van der Waals surface area contributed by atoms with Crippen molar-refractivity contribution in [3.63, 3.8) is 0 Å². The number of fused-ring (bicyclic) bond motifs is 1. The van der Waals surface area contributed by atoms with E-state index in [-0.39, 0.29) is 16.7 Å². The summed E-state index contributed by atoms with van der Waals surface area (Å²) in [5, 5.41) is 11.5. The molecule has 7 heteroatoms. The Hall–Kier alpha value is -1.86. The molecule has 1 heterocycles. The fourth-order valence-electron chi connectivity index (χ4n) is 3.32. The van der Waals surface area contributed by atoms with Crippen LogP contribution in [0.1, 0.15) is 48.7 Å². The summed E-state index contributed by atoms with van der Waals surface area (Å²) in [4.78, 5) is 11.1. The molecule has 2 atom stereocenters. The molecule has 6 nitrogen and oxygen atoms in total. The van der Waals surface area contributed by atoms with Gasteiger partial charge in [-0.05, 0) is 43.9 Å². The lowest BCUT2D eigenvalue weighted by atomic mass is 9.87. The van der Waals surface area contributed by atoms with Crippen molar-refractivity contribution < 1.29 is 22.7 Å². The van der Waals surface area contributed by atoms with Gasteiger partial charge >= 0.3 is 0 Å². The van der Waals surface area contributed by atoms with Crippen LogP contribution in [0.2, 0.25) is 0 Å². The van der Waals surface area contributed by atoms with Gasteiger partial charge in [0.25, 0.3) is 0 Å². The molecule has 1 aliphatic carbocycles. The molecule has 130 valence electrons. The monoisotopic (exact) mass is 350 g/mol. The summed E-state index contributed by atoms with van der Waals surface area (Å²) in [6.45, 7) is 3.63. The molecule has 1 aromatic heterocycles. The van der Waals surface area contributed by atoms with Crippen LogP contribution in [-0.2, 0) is 10.0 Å². The lowest BCUT2D eigenvalue weighted by Crippen LogP contribution is -2.40. The van der Waals surface area contributed by atoms with Gasteiger partial charge in [-0.15, -0.1) is 0 Å². The highest BCUT2D eigenvalue weighted by Crippen LogP contribution is 2.29. The van der Waals surface area contributed by atoms with Gasteiger partial charge in [-0.25, -0.2) is 13.1 Å². The maximum atomic E-state index is 12.7. The largest absolute Gasteiger partial charge is 0.542 e. The van der Waals surface area contributed by atoms with Crippen molar-refractivity contribution in [1.82, 2.24) is 4.72 Å². The number of hydrogen-bond acceptors (Lipinski definition) is 5. The molecule has 0 spiro atoms. The molecule has 1 fully saturated rings. The predicted molar refractivity (Wildman–Crippen MR) is 87.0 cm³/mol. The van der Waals surface area contributed by atoms with Crippen LogP contribution in [0.5, 0.6) is 0 Å². The third kappa shape index (κ3) is 3.06. The molecule has 0 aliphatic heterocycles. The van der Waals surface area contributed by atoms with Gasteiger partial charge in [-0.3, -0.25) is 0 Å². The topological polar surface area (TPSA) is 99.4 Å². The zero-order chi connectivity index (χ0) is 17.5. The number of carboxylic acids is 1. The van der Waals surface area contributed by atoms with E-state index in [2.05, 4.69) is 11.6 Å². The second-order valence-corrected chi connectivity index (χ2v) is 8.21. The first-order chi connectivity index (χ1) is 11.3. The normalized spacial score (nSPS) is 21.9. The standard InChI is InChI=1S/C17H21NO5S/c1-10-5-3-4-6-14(10)18-24(21,22)12-7-8-15-13(9-12)11(2)16(23-15)17(19)20/h7-10,14,18H,3-6H2,1-2H3,(H,19,20)/p-1. The maximum absolute atomic E-state index is 12.7. The van der Waals surface area contributed by atoms with Crippen molar-refractivity contribution >= 4 is 27.0 Å². The number of carboxylic acid groups (broad SMARTS) is 1. The number of benzene rings is 1. The van der Waals surface area contributed by atoms with Crippen molar-refractivity contribution in [1.29, 1.82) is 0 Å². The van der Waals surface area contributed by atoms with Crippen LogP contribution in [0.25, 0.3) is 11.0 Å². The highest BCUT2D eigenvalue weighted by Gasteiger charge is 2.27. The van der Waals surface area contributed by atoms with Gasteiger partial charge < -0.3 is 14.3 Å². The van der Waals surface area contributed by atoms with Crippen LogP contribution in [0, 0.1) is 12.8 Å². The van der Waals surface area contributed by atoms with E-state index in [0.717, 1.165) is 25.7 Å². The fraction of sp³-hybridized carbons (Fsp3) is 0.471. The van der Waals surface area contributed by atoms with Crippen LogP contribution in [0.3, 0.4) is 0 Å². The number of rotatable bonds is 4. The van der Waals surface area contributed by atoms with Crippen molar-refractivity contribution in [2.75, 3.05) is 0 Å². The molecule has 0 bridgehead atoms. The summed E-state index contributed by atoms with van der Waals surface area (Å²) in [5.41, 5.74) is 0.699. The lowest BCUT2D eigenvalue weighted by molar-refractivity contribution is -0.257. The molecule has 1 aliphatic rings. The highest BCUT2D eigenvalue weighted by molar-refractivity contribution is 7.89. The van der Waals surface area contributed by atoms with E-state index < -0.39 is 16.0 Å². The maximum Gasteiger partial charge on any atom is 0.240 e. The minimum Gasteiger partial charge on any atom is -0.542 e. The van der Waals surface area contributed by atoms with Gasteiger partial charge in [0, 0.05) is 17.0 Å². The zero-order valence-electron chi connectivity index (χ0n) is 13.7. The second-order valence-electron chi connectivity index (χ2n) is 6.49. The number of aromatic carboxylic acids is 1. The molecule has 0 saturated heterocycles. The number of carbonyl (C=O) groups excluding carboxylic acids is 1. The van der Waals surface area contributed by atoms with E-state index in [0.29, 0.717) is 22.5 Å². The SMILES string of the molecule is Cc1c(C(=O)[O-])oc2ccc(S(=O)(=O)NC3CCCCC3C)cc12. The van der Waals surface area contributed by atoms with Crippen molar-refractivity contribution in [3.8, 4) is 0 Å². The van der Waals surface area contributed by atoms with E-state index in [4.69, 9.17) is 4.42 Å². The molecule has 24 heavy (non-hydrogen) atoms. The minimum absolute atomic E-state index is 0.0660.